The second-order valence-corrected chi connectivity index (χ2v) is 6.08. The van der Waals surface area contributed by atoms with E-state index in [2.05, 4.69) is 37.2 Å². The number of nitrogens with one attached hydrogen (secondary N) is 1. The lowest BCUT2D eigenvalue weighted by Crippen LogP contribution is -2.13. The molecule has 0 saturated carbocycles. The van der Waals surface area contributed by atoms with Gasteiger partial charge in [-0.05, 0) is 45.8 Å². The molecule has 114 valence electrons. The number of ether oxygens (including phenoxy) is 1. The fraction of sp³-hybridized carbons (Fsp3) is 0.200. The largest absolute Gasteiger partial charge is 0.495 e. The lowest BCUT2D eigenvalue weighted by Gasteiger charge is -2.12. The number of methoxy groups -OCH3 is 1. The first kappa shape index (κ1) is 18.4. The van der Waals surface area contributed by atoms with Crippen molar-refractivity contribution in [2.75, 3.05) is 7.11 Å². The van der Waals surface area contributed by atoms with Crippen LogP contribution in [0.25, 0.3) is 0 Å². The summed E-state index contributed by atoms with van der Waals surface area (Å²) >= 11 is 6.94. The van der Waals surface area contributed by atoms with Crippen LogP contribution in [0.4, 0.5) is 4.39 Å². The smallest absolute Gasteiger partial charge is 0.137 e. The van der Waals surface area contributed by atoms with Gasteiger partial charge in [0.15, 0.2) is 0 Å². The van der Waals surface area contributed by atoms with Gasteiger partial charge in [-0.2, -0.15) is 0 Å². The molecule has 2 nitrogen and oxygen atoms in total. The van der Waals surface area contributed by atoms with E-state index in [0.29, 0.717) is 13.1 Å². The zero-order valence-corrected chi connectivity index (χ0v) is 15.3. The Labute approximate surface area is 146 Å². The molecule has 21 heavy (non-hydrogen) atoms. The third-order valence-corrected chi connectivity index (χ3v) is 3.89. The van der Waals surface area contributed by atoms with E-state index < -0.39 is 0 Å². The van der Waals surface area contributed by atoms with Crippen LogP contribution >= 0.6 is 44.3 Å². The van der Waals surface area contributed by atoms with E-state index in [0.717, 1.165) is 25.8 Å². The number of rotatable bonds is 5. The van der Waals surface area contributed by atoms with Crippen molar-refractivity contribution >= 4 is 44.3 Å². The van der Waals surface area contributed by atoms with Gasteiger partial charge >= 0.3 is 0 Å². The Morgan fingerprint density at radius 1 is 1.10 bits per heavy atom. The molecule has 0 bridgehead atoms. The molecule has 0 aromatic heterocycles. The fourth-order valence-electron chi connectivity index (χ4n) is 1.92. The van der Waals surface area contributed by atoms with E-state index in [9.17, 15) is 4.39 Å². The predicted molar refractivity (Wildman–Crippen MR) is 92.6 cm³/mol. The van der Waals surface area contributed by atoms with Crippen LogP contribution in [0.15, 0.2) is 45.3 Å². The van der Waals surface area contributed by atoms with Crippen LogP contribution in [-0.2, 0) is 13.1 Å². The van der Waals surface area contributed by atoms with Crippen molar-refractivity contribution in [3.63, 3.8) is 0 Å². The van der Waals surface area contributed by atoms with Gasteiger partial charge in [0.25, 0.3) is 0 Å². The van der Waals surface area contributed by atoms with Gasteiger partial charge in [0.05, 0.1) is 11.6 Å². The normalized spacial score (nSPS) is 10.1. The Kier molecular flexibility index (Phi) is 7.66. The Morgan fingerprint density at radius 2 is 1.76 bits per heavy atom. The van der Waals surface area contributed by atoms with Crippen molar-refractivity contribution in [2.24, 2.45) is 0 Å². The molecule has 0 aliphatic heterocycles. The number of hydrogen-bond donors (Lipinski definition) is 1. The summed E-state index contributed by atoms with van der Waals surface area (Å²) in [7, 11) is 1.65. The molecule has 6 heteroatoms. The zero-order chi connectivity index (χ0) is 14.5. The molecule has 0 fully saturated rings. The van der Waals surface area contributed by atoms with Crippen molar-refractivity contribution in [1.82, 2.24) is 5.32 Å². The average molecular weight is 440 g/mol. The molecule has 2 aromatic rings. The highest BCUT2D eigenvalue weighted by molar-refractivity contribution is 9.11. The molecule has 0 aliphatic rings. The third-order valence-electron chi connectivity index (χ3n) is 2.85. The monoisotopic (exact) mass is 437 g/mol. The summed E-state index contributed by atoms with van der Waals surface area (Å²) in [5.74, 6) is 0.603. The molecule has 0 spiro atoms. The Hall–Kier alpha value is -0.620. The van der Waals surface area contributed by atoms with Crippen molar-refractivity contribution < 1.29 is 9.13 Å². The maximum atomic E-state index is 12.8. The lowest BCUT2D eigenvalue weighted by atomic mass is 10.2. The van der Waals surface area contributed by atoms with Crippen LogP contribution in [0.3, 0.4) is 0 Å². The molecular formula is C15H15Br2ClFNO. The van der Waals surface area contributed by atoms with Crippen LogP contribution in [0.2, 0.25) is 0 Å². The highest BCUT2D eigenvalue weighted by Crippen LogP contribution is 2.32. The average Bonchev–Trinajstić information content (AvgIpc) is 2.40. The lowest BCUT2D eigenvalue weighted by molar-refractivity contribution is 0.405. The minimum absolute atomic E-state index is 0. The van der Waals surface area contributed by atoms with Crippen LogP contribution in [-0.4, -0.2) is 7.11 Å². The van der Waals surface area contributed by atoms with Crippen molar-refractivity contribution in [1.29, 1.82) is 0 Å². The molecule has 2 rings (SSSR count). The van der Waals surface area contributed by atoms with Gasteiger partial charge in [-0.1, -0.05) is 28.1 Å². The summed E-state index contributed by atoms with van der Waals surface area (Å²) < 4.78 is 20.1. The summed E-state index contributed by atoms with van der Waals surface area (Å²) in [6.07, 6.45) is 0. The van der Waals surface area contributed by atoms with Crippen molar-refractivity contribution in [3.8, 4) is 5.75 Å². The van der Waals surface area contributed by atoms with Crippen LogP contribution in [0.1, 0.15) is 11.1 Å². The van der Waals surface area contributed by atoms with Crippen LogP contribution in [0.5, 0.6) is 5.75 Å². The first-order valence-corrected chi connectivity index (χ1v) is 7.66. The van der Waals surface area contributed by atoms with E-state index >= 15 is 0 Å². The number of halogens is 4. The third kappa shape index (κ3) is 5.25. The highest BCUT2D eigenvalue weighted by Gasteiger charge is 2.08. The van der Waals surface area contributed by atoms with Gasteiger partial charge in [-0.15, -0.1) is 12.4 Å². The minimum Gasteiger partial charge on any atom is -0.495 e. The number of hydrogen-bond acceptors (Lipinski definition) is 2. The maximum Gasteiger partial charge on any atom is 0.137 e. The first-order chi connectivity index (χ1) is 9.60. The summed E-state index contributed by atoms with van der Waals surface area (Å²) in [5.41, 5.74) is 2.09. The Balaban J connectivity index is 0.00000220. The summed E-state index contributed by atoms with van der Waals surface area (Å²) in [6, 6.07) is 10.4. The van der Waals surface area contributed by atoms with Gasteiger partial charge in [0.2, 0.25) is 0 Å². The van der Waals surface area contributed by atoms with Crippen LogP contribution in [0, 0.1) is 5.82 Å². The standard InChI is InChI=1S/C15H14Br2FNO.ClH/c1-20-15-11(6-12(16)7-14(15)17)9-19-8-10-2-4-13(18)5-3-10;/h2-7,19H,8-9H2,1H3;1H. The SMILES string of the molecule is COc1c(Br)cc(Br)cc1CNCc1ccc(F)cc1.Cl. The van der Waals surface area contributed by atoms with E-state index in [1.807, 2.05) is 12.1 Å². The zero-order valence-electron chi connectivity index (χ0n) is 11.3. The molecular weight excluding hydrogens is 424 g/mol. The quantitative estimate of drug-likeness (QED) is 0.702. The molecule has 0 heterocycles. The summed E-state index contributed by atoms with van der Waals surface area (Å²) in [4.78, 5) is 0. The van der Waals surface area contributed by atoms with Gasteiger partial charge in [-0.3, -0.25) is 0 Å². The topological polar surface area (TPSA) is 21.3 Å². The molecule has 0 saturated heterocycles. The summed E-state index contributed by atoms with van der Waals surface area (Å²) in [6.45, 7) is 1.34. The fourth-order valence-corrected chi connectivity index (χ4v) is 3.39. The molecule has 0 atom stereocenters. The van der Waals surface area contributed by atoms with E-state index in [1.54, 1.807) is 19.2 Å². The summed E-state index contributed by atoms with van der Waals surface area (Å²) in [5, 5.41) is 3.32. The van der Waals surface area contributed by atoms with Crippen molar-refractivity contribution in [3.05, 3.63) is 62.3 Å². The first-order valence-electron chi connectivity index (χ1n) is 6.07. The van der Waals surface area contributed by atoms with Gasteiger partial charge < -0.3 is 10.1 Å². The highest BCUT2D eigenvalue weighted by atomic mass is 79.9. The van der Waals surface area contributed by atoms with Crippen molar-refractivity contribution in [2.45, 2.75) is 13.1 Å². The molecule has 2 aromatic carbocycles. The van der Waals surface area contributed by atoms with E-state index in [-0.39, 0.29) is 18.2 Å². The Bertz CT molecular complexity index is 593. The van der Waals surface area contributed by atoms with Crippen LogP contribution < -0.4 is 10.1 Å². The minimum atomic E-state index is -0.216. The molecule has 0 radical (unpaired) electrons. The molecule has 1 N–H and O–H groups in total. The van der Waals surface area contributed by atoms with E-state index in [1.165, 1.54) is 12.1 Å². The van der Waals surface area contributed by atoms with Gasteiger partial charge in [0.1, 0.15) is 11.6 Å². The van der Waals surface area contributed by atoms with Gasteiger partial charge in [-0.25, -0.2) is 4.39 Å². The number of benzene rings is 2. The second-order valence-electron chi connectivity index (χ2n) is 4.31. The Morgan fingerprint density at radius 3 is 2.38 bits per heavy atom. The molecule has 0 amide bonds. The van der Waals surface area contributed by atoms with Gasteiger partial charge in [0, 0.05) is 23.1 Å². The molecule has 0 unspecified atom stereocenters. The maximum absolute atomic E-state index is 12.8. The molecule has 0 aliphatic carbocycles. The van der Waals surface area contributed by atoms with E-state index in [4.69, 9.17) is 4.74 Å². The predicted octanol–water partition coefficient (Wildman–Crippen LogP) is 5.07. The second kappa shape index (κ2) is 8.73.